The van der Waals surface area contributed by atoms with Gasteiger partial charge in [-0.1, -0.05) is 35.6 Å². The Morgan fingerprint density at radius 3 is 2.72 bits per heavy atom. The molecule has 0 spiro atoms. The van der Waals surface area contributed by atoms with Crippen molar-refractivity contribution >= 4 is 61.9 Å². The fraction of sp³-hybridized carbons (Fsp3) is 0.265. The number of ether oxygens (including phenoxy) is 5. The van der Waals surface area contributed by atoms with E-state index in [1.807, 2.05) is 74.5 Å². The molecule has 0 amide bonds. The molecule has 0 fully saturated rings. The van der Waals surface area contributed by atoms with Crippen LogP contribution in [-0.2, 0) is 16.1 Å². The second-order valence-electron chi connectivity index (χ2n) is 10.8. The minimum absolute atomic E-state index is 0.113. The van der Waals surface area contributed by atoms with Crippen molar-refractivity contribution in [1.82, 2.24) is 4.57 Å². The van der Waals surface area contributed by atoms with Gasteiger partial charge in [0.2, 0.25) is 6.79 Å². The van der Waals surface area contributed by atoms with Gasteiger partial charge in [-0.2, -0.15) is 0 Å². The summed E-state index contributed by atoms with van der Waals surface area (Å²) in [7, 11) is 0. The molecule has 3 aromatic carbocycles. The molecule has 6 rings (SSSR count). The van der Waals surface area contributed by atoms with Gasteiger partial charge in [0.05, 0.1) is 36.6 Å². The number of hydrogen-bond acceptors (Lipinski definition) is 9. The Morgan fingerprint density at radius 2 is 1.96 bits per heavy atom. The number of nitrogens with zero attached hydrogens (tertiary/aromatic N) is 2. The number of hydrogen-bond donors (Lipinski definition) is 0. The maximum Gasteiger partial charge on any atom is 0.338 e. The molecule has 0 N–H and O–H groups in total. The number of allylic oxidation sites excluding steroid dienone is 1. The Kier molecular flexibility index (Phi) is 9.57. The van der Waals surface area contributed by atoms with Crippen LogP contribution in [-0.4, -0.2) is 30.0 Å². The number of rotatable bonds is 9. The van der Waals surface area contributed by atoms with E-state index in [-0.39, 0.29) is 25.1 Å². The molecule has 0 bridgehead atoms. The zero-order chi connectivity index (χ0) is 32.5. The van der Waals surface area contributed by atoms with Gasteiger partial charge in [-0.3, -0.25) is 9.36 Å². The molecule has 238 valence electrons. The van der Waals surface area contributed by atoms with Crippen LogP contribution in [0.4, 0.5) is 0 Å². The molecule has 12 heteroatoms. The predicted octanol–water partition coefficient (Wildman–Crippen LogP) is 6.26. The second kappa shape index (κ2) is 13.6. The van der Waals surface area contributed by atoms with Crippen molar-refractivity contribution < 1.29 is 28.5 Å². The molecular formula is C34H30BrIN2O7S. The van der Waals surface area contributed by atoms with Crippen molar-refractivity contribution in [3.05, 3.63) is 110 Å². The zero-order valence-corrected chi connectivity index (χ0v) is 30.0. The van der Waals surface area contributed by atoms with Crippen molar-refractivity contribution in [3.8, 4) is 23.0 Å². The number of esters is 1. The Hall–Kier alpha value is -3.62. The van der Waals surface area contributed by atoms with E-state index in [4.69, 9.17) is 28.7 Å². The van der Waals surface area contributed by atoms with E-state index < -0.39 is 12.0 Å². The Balaban J connectivity index is 1.38. The summed E-state index contributed by atoms with van der Waals surface area (Å²) >= 11 is 7.15. The molecule has 4 aromatic rings. The lowest BCUT2D eigenvalue weighted by molar-refractivity contribution is -0.139. The molecule has 0 radical (unpaired) electrons. The lowest BCUT2D eigenvalue weighted by Crippen LogP contribution is -2.40. The minimum atomic E-state index is -0.772. The maximum atomic E-state index is 14.2. The van der Waals surface area contributed by atoms with Gasteiger partial charge < -0.3 is 23.7 Å². The summed E-state index contributed by atoms with van der Waals surface area (Å²) in [5.74, 6) is 2.18. The topological polar surface area (TPSA) is 97.6 Å². The van der Waals surface area contributed by atoms with Crippen LogP contribution in [0.15, 0.2) is 80.1 Å². The second-order valence-corrected chi connectivity index (χ2v) is 13.8. The predicted molar refractivity (Wildman–Crippen MR) is 186 cm³/mol. The SMILES string of the molecule is CCOC(=O)C1=C(C)N=c2s/c(=C/c3cc(Br)c(OCc4ccc5c(c4)OCO5)c(I)c3)c(=O)n2[C@H]1c1ccccc1OC(C)C. The van der Waals surface area contributed by atoms with Gasteiger partial charge in [0.1, 0.15) is 24.1 Å². The van der Waals surface area contributed by atoms with Crippen LogP contribution in [0, 0.1) is 3.57 Å². The molecule has 1 aromatic heterocycles. The average Bonchev–Trinajstić information content (AvgIpc) is 3.59. The van der Waals surface area contributed by atoms with E-state index in [9.17, 15) is 9.59 Å². The number of thiazole rings is 1. The standard InChI is InChI=1S/C34H30BrIN2O7S/c1-5-41-33(40)29-19(4)37-34-38(30(29)22-8-6-7-9-25(22)45-18(2)3)32(39)28(46-34)15-21-12-23(35)31(24(36)13-21)42-16-20-10-11-26-27(14-20)44-17-43-26/h6-15,18,30H,5,16-17H2,1-4H3/b28-15+/t30-/m0/s1. The van der Waals surface area contributed by atoms with Crippen LogP contribution in [0.2, 0.25) is 0 Å². The number of aromatic nitrogens is 1. The van der Waals surface area contributed by atoms with Crippen LogP contribution in [0.1, 0.15) is 50.4 Å². The molecule has 9 nitrogen and oxygen atoms in total. The zero-order valence-electron chi connectivity index (χ0n) is 25.5. The third-order valence-corrected chi connectivity index (χ3v) is 9.61. The van der Waals surface area contributed by atoms with Gasteiger partial charge in [0, 0.05) is 5.56 Å². The number of fused-ring (bicyclic) bond motifs is 2. The van der Waals surface area contributed by atoms with Crippen LogP contribution in [0.5, 0.6) is 23.0 Å². The maximum absolute atomic E-state index is 14.2. The number of carbonyl (C=O) groups excluding carboxylic acids is 1. The van der Waals surface area contributed by atoms with Gasteiger partial charge in [0.15, 0.2) is 16.3 Å². The van der Waals surface area contributed by atoms with Gasteiger partial charge >= 0.3 is 5.97 Å². The summed E-state index contributed by atoms with van der Waals surface area (Å²) in [5.41, 5.74) is 2.97. The molecule has 2 aliphatic rings. The lowest BCUT2D eigenvalue weighted by Gasteiger charge is -2.26. The molecule has 0 saturated carbocycles. The van der Waals surface area contributed by atoms with E-state index in [1.165, 1.54) is 11.3 Å². The van der Waals surface area contributed by atoms with Crippen LogP contribution >= 0.6 is 49.9 Å². The third kappa shape index (κ3) is 6.47. The highest BCUT2D eigenvalue weighted by molar-refractivity contribution is 14.1. The molecule has 0 unspecified atom stereocenters. The van der Waals surface area contributed by atoms with Gasteiger partial charge in [-0.25, -0.2) is 9.79 Å². The number of halogens is 2. The normalized spacial score (nSPS) is 15.5. The van der Waals surface area contributed by atoms with Crippen molar-refractivity contribution in [2.24, 2.45) is 4.99 Å². The van der Waals surface area contributed by atoms with Crippen molar-refractivity contribution in [1.29, 1.82) is 0 Å². The first-order valence-corrected chi connectivity index (χ1v) is 17.3. The van der Waals surface area contributed by atoms with E-state index in [0.29, 0.717) is 50.0 Å². The summed E-state index contributed by atoms with van der Waals surface area (Å²) in [4.78, 5) is 32.7. The van der Waals surface area contributed by atoms with Gasteiger partial charge in [-0.05, 0) is 114 Å². The molecule has 2 aliphatic heterocycles. The van der Waals surface area contributed by atoms with Crippen LogP contribution < -0.4 is 33.8 Å². The average molecular weight is 817 g/mol. The Labute approximate surface area is 291 Å². The highest BCUT2D eigenvalue weighted by Gasteiger charge is 2.35. The summed E-state index contributed by atoms with van der Waals surface area (Å²) in [5, 5.41) is 0. The Bertz CT molecular complexity index is 2030. The first-order chi connectivity index (χ1) is 22.1. The fourth-order valence-corrected chi connectivity index (χ4v) is 8.11. The van der Waals surface area contributed by atoms with E-state index >= 15 is 0 Å². The molecular weight excluding hydrogens is 787 g/mol. The number of carbonyl (C=O) groups is 1. The summed E-state index contributed by atoms with van der Waals surface area (Å²) in [6.45, 7) is 8.14. The van der Waals surface area contributed by atoms with E-state index in [2.05, 4.69) is 38.5 Å². The number of benzene rings is 3. The third-order valence-electron chi connectivity index (χ3n) is 7.23. The minimum Gasteiger partial charge on any atom is -0.491 e. The summed E-state index contributed by atoms with van der Waals surface area (Å²) in [6.07, 6.45) is 1.72. The van der Waals surface area contributed by atoms with Crippen molar-refractivity contribution in [3.63, 3.8) is 0 Å². The molecule has 0 aliphatic carbocycles. The van der Waals surface area contributed by atoms with Gasteiger partial charge in [-0.15, -0.1) is 0 Å². The van der Waals surface area contributed by atoms with E-state index in [1.54, 1.807) is 18.4 Å². The molecule has 46 heavy (non-hydrogen) atoms. The van der Waals surface area contributed by atoms with Crippen LogP contribution in [0.3, 0.4) is 0 Å². The van der Waals surface area contributed by atoms with Crippen molar-refractivity contribution in [2.45, 2.75) is 46.4 Å². The number of para-hydroxylation sites is 1. The lowest BCUT2D eigenvalue weighted by atomic mass is 9.95. The first-order valence-electron chi connectivity index (χ1n) is 14.6. The largest absolute Gasteiger partial charge is 0.491 e. The van der Waals surface area contributed by atoms with Gasteiger partial charge in [0.25, 0.3) is 5.56 Å². The smallest absolute Gasteiger partial charge is 0.338 e. The van der Waals surface area contributed by atoms with E-state index in [0.717, 1.165) is 24.9 Å². The first kappa shape index (κ1) is 32.3. The van der Waals surface area contributed by atoms with Crippen molar-refractivity contribution in [2.75, 3.05) is 13.4 Å². The highest BCUT2D eigenvalue weighted by atomic mass is 127. The summed E-state index contributed by atoms with van der Waals surface area (Å²) < 4.78 is 32.3. The molecule has 1 atom stereocenters. The fourth-order valence-electron chi connectivity index (χ4n) is 5.29. The highest BCUT2D eigenvalue weighted by Crippen LogP contribution is 2.37. The quantitative estimate of drug-likeness (QED) is 0.145. The molecule has 3 heterocycles. The Morgan fingerprint density at radius 1 is 1.17 bits per heavy atom. The van der Waals surface area contributed by atoms with Crippen LogP contribution in [0.25, 0.3) is 6.08 Å². The summed E-state index contributed by atoms with van der Waals surface area (Å²) in [6, 6.07) is 16.3. The molecule has 0 saturated heterocycles. The monoisotopic (exact) mass is 816 g/mol.